The Morgan fingerprint density at radius 3 is 2.75 bits per heavy atom. The van der Waals surface area contributed by atoms with E-state index in [0.717, 1.165) is 0 Å². The molecule has 0 fully saturated rings. The van der Waals surface area contributed by atoms with Crippen molar-refractivity contribution >= 4 is 11.6 Å². The summed E-state index contributed by atoms with van der Waals surface area (Å²) in [6.45, 7) is -0.175. The fourth-order valence-corrected chi connectivity index (χ4v) is 1.39. The van der Waals surface area contributed by atoms with Crippen LogP contribution >= 0.6 is 0 Å². The van der Waals surface area contributed by atoms with Gasteiger partial charge in [-0.05, 0) is 12.1 Å². The van der Waals surface area contributed by atoms with Crippen molar-refractivity contribution in [3.05, 3.63) is 24.3 Å². The van der Waals surface area contributed by atoms with Crippen LogP contribution < -0.4 is 15.8 Å². The largest absolute Gasteiger partial charge is 0.491 e. The molecule has 7 heteroatoms. The van der Waals surface area contributed by atoms with E-state index in [2.05, 4.69) is 10.1 Å². The lowest BCUT2D eigenvalue weighted by Crippen LogP contribution is -2.28. The Balaban J connectivity index is 2.07. The number of anilines is 1. The summed E-state index contributed by atoms with van der Waals surface area (Å²) in [5.74, 6) is 0.292. The molecule has 0 aliphatic rings. The third-order valence-corrected chi connectivity index (χ3v) is 2.32. The molecule has 3 N–H and O–H groups in total. The average Bonchev–Trinajstić information content (AvgIpc) is 2.40. The number of halogens is 2. The Bertz CT molecular complexity index is 416. The van der Waals surface area contributed by atoms with Crippen molar-refractivity contribution in [2.45, 2.75) is 12.8 Å². The first-order valence-corrected chi connectivity index (χ1v) is 6.19. The average molecular weight is 288 g/mol. The highest BCUT2D eigenvalue weighted by molar-refractivity contribution is 5.76. The predicted molar refractivity (Wildman–Crippen MR) is 70.8 cm³/mol. The number of nitrogens with two attached hydrogens (primary N) is 1. The van der Waals surface area contributed by atoms with Crippen molar-refractivity contribution < 1.29 is 23.0 Å². The summed E-state index contributed by atoms with van der Waals surface area (Å²) < 4.78 is 33.5. The van der Waals surface area contributed by atoms with Crippen LogP contribution in [0.25, 0.3) is 0 Å². The molecule has 5 nitrogen and oxygen atoms in total. The highest BCUT2D eigenvalue weighted by Gasteiger charge is 2.04. The van der Waals surface area contributed by atoms with Gasteiger partial charge >= 0.3 is 0 Å². The zero-order valence-electron chi connectivity index (χ0n) is 11.0. The molecule has 0 saturated carbocycles. The fourth-order valence-electron chi connectivity index (χ4n) is 1.39. The molecule has 0 atom stereocenters. The molecule has 1 aromatic carbocycles. The smallest absolute Gasteiger partial charge is 0.261 e. The summed E-state index contributed by atoms with van der Waals surface area (Å²) in [7, 11) is 0. The monoisotopic (exact) mass is 288 g/mol. The first kappa shape index (κ1) is 16.2. The Hall–Kier alpha value is -1.89. The number of nitrogens with one attached hydrogen (secondary N) is 1. The van der Waals surface area contributed by atoms with Crippen LogP contribution in [0, 0.1) is 0 Å². The third-order valence-electron chi connectivity index (χ3n) is 2.32. The van der Waals surface area contributed by atoms with Crippen LogP contribution in [-0.4, -0.2) is 38.7 Å². The molecule has 0 unspecified atom stereocenters. The molecule has 112 valence electrons. The van der Waals surface area contributed by atoms with Crippen LogP contribution in [0.4, 0.5) is 14.5 Å². The quantitative estimate of drug-likeness (QED) is 0.532. The number of rotatable bonds is 9. The summed E-state index contributed by atoms with van der Waals surface area (Å²) >= 11 is 0. The number of carbonyl (C=O) groups excluding carboxylic acids is 1. The zero-order chi connectivity index (χ0) is 14.8. The Morgan fingerprint density at radius 1 is 1.30 bits per heavy atom. The molecule has 20 heavy (non-hydrogen) atoms. The predicted octanol–water partition coefficient (Wildman–Crippen LogP) is 1.44. The third kappa shape index (κ3) is 6.89. The standard InChI is InChI=1S/C13H18F2N2O3/c14-12(15)9-19-8-6-17-13(18)5-7-20-11-4-2-1-3-10(11)16/h1-4,12H,5-9,16H2,(H,17,18). The Labute approximate surface area is 116 Å². The maximum absolute atomic E-state index is 11.7. The van der Waals surface area contributed by atoms with Gasteiger partial charge in [-0.2, -0.15) is 0 Å². The van der Waals surface area contributed by atoms with Gasteiger partial charge in [0.2, 0.25) is 5.91 Å². The van der Waals surface area contributed by atoms with Gasteiger partial charge in [0.05, 0.1) is 25.3 Å². The van der Waals surface area contributed by atoms with Gasteiger partial charge in [-0.25, -0.2) is 8.78 Å². The van der Waals surface area contributed by atoms with Crippen molar-refractivity contribution in [3.8, 4) is 5.75 Å². The van der Waals surface area contributed by atoms with Gasteiger partial charge in [-0.15, -0.1) is 0 Å². The molecule has 0 spiro atoms. The highest BCUT2D eigenvalue weighted by Crippen LogP contribution is 2.19. The van der Waals surface area contributed by atoms with Gasteiger partial charge in [0.15, 0.2) is 0 Å². The first-order chi connectivity index (χ1) is 9.59. The number of benzene rings is 1. The molecule has 1 rings (SSSR count). The molecule has 0 heterocycles. The molecule has 0 radical (unpaired) electrons. The molecule has 0 bridgehead atoms. The maximum atomic E-state index is 11.7. The van der Waals surface area contributed by atoms with Gasteiger partial charge in [0.25, 0.3) is 6.43 Å². The van der Waals surface area contributed by atoms with Crippen LogP contribution in [0.2, 0.25) is 0 Å². The van der Waals surface area contributed by atoms with Crippen LogP contribution in [0.5, 0.6) is 5.75 Å². The van der Waals surface area contributed by atoms with Crippen molar-refractivity contribution in [1.82, 2.24) is 5.32 Å². The van der Waals surface area contributed by atoms with E-state index in [0.29, 0.717) is 11.4 Å². The second-order valence-electron chi connectivity index (χ2n) is 3.95. The van der Waals surface area contributed by atoms with E-state index in [4.69, 9.17) is 10.5 Å². The van der Waals surface area contributed by atoms with E-state index in [1.807, 2.05) is 0 Å². The number of nitrogen functional groups attached to an aromatic ring is 1. The summed E-state index contributed by atoms with van der Waals surface area (Å²) in [6.07, 6.45) is -2.33. The van der Waals surface area contributed by atoms with Gasteiger partial charge < -0.3 is 20.5 Å². The second-order valence-corrected chi connectivity index (χ2v) is 3.95. The fraction of sp³-hybridized carbons (Fsp3) is 0.462. The minimum absolute atomic E-state index is 0.0581. The SMILES string of the molecule is Nc1ccccc1OCCC(=O)NCCOCC(F)F. The van der Waals surface area contributed by atoms with Crippen molar-refractivity contribution in [2.75, 3.05) is 32.1 Å². The molecular formula is C13H18F2N2O3. The van der Waals surface area contributed by atoms with Crippen molar-refractivity contribution in [2.24, 2.45) is 0 Å². The van der Waals surface area contributed by atoms with E-state index in [-0.39, 0.29) is 32.1 Å². The lowest BCUT2D eigenvalue weighted by atomic mass is 10.3. The van der Waals surface area contributed by atoms with E-state index in [1.165, 1.54) is 0 Å². The lowest BCUT2D eigenvalue weighted by Gasteiger charge is -2.09. The Morgan fingerprint density at radius 2 is 2.05 bits per heavy atom. The van der Waals surface area contributed by atoms with E-state index >= 15 is 0 Å². The molecule has 0 saturated heterocycles. The molecule has 0 aliphatic carbocycles. The maximum Gasteiger partial charge on any atom is 0.261 e. The molecule has 1 aromatic rings. The van der Waals surface area contributed by atoms with E-state index in [9.17, 15) is 13.6 Å². The molecular weight excluding hydrogens is 270 g/mol. The van der Waals surface area contributed by atoms with E-state index in [1.54, 1.807) is 24.3 Å². The zero-order valence-corrected chi connectivity index (χ0v) is 11.0. The number of amides is 1. The van der Waals surface area contributed by atoms with Crippen LogP contribution in [0.3, 0.4) is 0 Å². The number of hydrogen-bond acceptors (Lipinski definition) is 4. The van der Waals surface area contributed by atoms with E-state index < -0.39 is 13.0 Å². The van der Waals surface area contributed by atoms with Gasteiger partial charge in [0.1, 0.15) is 12.4 Å². The summed E-state index contributed by atoms with van der Waals surface area (Å²) in [5, 5.41) is 2.54. The van der Waals surface area contributed by atoms with Crippen LogP contribution in [0.1, 0.15) is 6.42 Å². The topological polar surface area (TPSA) is 73.6 Å². The number of carbonyl (C=O) groups is 1. The highest BCUT2D eigenvalue weighted by atomic mass is 19.3. The summed E-state index contributed by atoms with van der Waals surface area (Å²) in [6, 6.07) is 6.99. The number of para-hydroxylation sites is 2. The van der Waals surface area contributed by atoms with Crippen LogP contribution in [0.15, 0.2) is 24.3 Å². The number of alkyl halides is 2. The van der Waals surface area contributed by atoms with Gasteiger partial charge in [0, 0.05) is 6.54 Å². The van der Waals surface area contributed by atoms with Crippen molar-refractivity contribution in [1.29, 1.82) is 0 Å². The molecule has 0 aromatic heterocycles. The molecule has 0 aliphatic heterocycles. The Kier molecular flexibility index (Phi) is 7.34. The van der Waals surface area contributed by atoms with Crippen molar-refractivity contribution in [3.63, 3.8) is 0 Å². The molecule has 1 amide bonds. The summed E-state index contributed by atoms with van der Waals surface area (Å²) in [5.41, 5.74) is 6.18. The summed E-state index contributed by atoms with van der Waals surface area (Å²) in [4.78, 5) is 11.4. The second kappa shape index (κ2) is 9.08. The first-order valence-electron chi connectivity index (χ1n) is 6.19. The van der Waals surface area contributed by atoms with Gasteiger partial charge in [-0.1, -0.05) is 12.1 Å². The lowest BCUT2D eigenvalue weighted by molar-refractivity contribution is -0.121. The van der Waals surface area contributed by atoms with Crippen LogP contribution in [-0.2, 0) is 9.53 Å². The number of hydrogen-bond donors (Lipinski definition) is 2. The minimum Gasteiger partial charge on any atom is -0.491 e. The van der Waals surface area contributed by atoms with Gasteiger partial charge in [-0.3, -0.25) is 4.79 Å². The normalized spacial score (nSPS) is 10.6. The number of ether oxygens (including phenoxy) is 2. The minimum atomic E-state index is -2.49.